The zero-order valence-corrected chi connectivity index (χ0v) is 8.28. The molecule has 16 heavy (non-hydrogen) atoms. The second-order valence-corrected chi connectivity index (χ2v) is 3.35. The van der Waals surface area contributed by atoms with Crippen LogP contribution in [0.5, 0.6) is 0 Å². The molecule has 0 atom stereocenters. The Bertz CT molecular complexity index is 513. The lowest BCUT2D eigenvalue weighted by Crippen LogP contribution is -2.31. The molecule has 2 rings (SSSR count). The van der Waals surface area contributed by atoms with Gasteiger partial charge in [-0.1, -0.05) is 6.07 Å². The van der Waals surface area contributed by atoms with E-state index in [2.05, 4.69) is 0 Å². The summed E-state index contributed by atoms with van der Waals surface area (Å²) in [5.41, 5.74) is 0.429. The van der Waals surface area contributed by atoms with Crippen LogP contribution in [0.4, 0.5) is 14.9 Å². The van der Waals surface area contributed by atoms with E-state index < -0.39 is 23.7 Å². The monoisotopic (exact) mass is 222 g/mol. The molecular weight excluding hydrogens is 215 g/mol. The van der Waals surface area contributed by atoms with E-state index >= 15 is 0 Å². The third kappa shape index (κ3) is 1.44. The van der Waals surface area contributed by atoms with E-state index in [1.165, 1.54) is 12.1 Å². The van der Waals surface area contributed by atoms with Crippen molar-refractivity contribution in [3.05, 3.63) is 29.6 Å². The number of amides is 4. The second-order valence-electron chi connectivity index (χ2n) is 3.35. The fourth-order valence-corrected chi connectivity index (χ4v) is 1.41. The molecule has 82 valence electrons. The SMILES string of the molecule is Cc1ccc(N2C(=O)NC(=O)C2=O)c(F)c1. The van der Waals surface area contributed by atoms with Crippen molar-refractivity contribution in [2.75, 3.05) is 4.90 Å². The van der Waals surface area contributed by atoms with Crippen LogP contribution in [0.15, 0.2) is 18.2 Å². The maximum Gasteiger partial charge on any atom is 0.336 e. The Balaban J connectivity index is 2.48. The molecule has 0 aromatic heterocycles. The van der Waals surface area contributed by atoms with Gasteiger partial charge in [-0.3, -0.25) is 14.9 Å². The molecule has 1 aliphatic rings. The third-order valence-corrected chi connectivity index (χ3v) is 2.16. The van der Waals surface area contributed by atoms with E-state index in [4.69, 9.17) is 0 Å². The number of nitrogens with zero attached hydrogens (tertiary/aromatic N) is 1. The molecule has 1 aromatic rings. The summed E-state index contributed by atoms with van der Waals surface area (Å²) in [5.74, 6) is -2.85. The average molecular weight is 222 g/mol. The normalized spacial score (nSPS) is 15.6. The maximum absolute atomic E-state index is 13.5. The summed E-state index contributed by atoms with van der Waals surface area (Å²) in [5, 5.41) is 1.79. The molecule has 0 unspecified atom stereocenters. The highest BCUT2D eigenvalue weighted by atomic mass is 19.1. The van der Waals surface area contributed by atoms with Gasteiger partial charge in [-0.25, -0.2) is 14.1 Å². The van der Waals surface area contributed by atoms with E-state index in [0.29, 0.717) is 10.5 Å². The van der Waals surface area contributed by atoms with Gasteiger partial charge in [0.15, 0.2) is 0 Å². The van der Waals surface area contributed by atoms with Gasteiger partial charge >= 0.3 is 17.8 Å². The van der Waals surface area contributed by atoms with Crippen LogP contribution >= 0.6 is 0 Å². The molecule has 0 bridgehead atoms. The van der Waals surface area contributed by atoms with Gasteiger partial charge in [0.25, 0.3) is 0 Å². The third-order valence-electron chi connectivity index (χ3n) is 2.16. The molecule has 5 nitrogen and oxygen atoms in total. The van der Waals surface area contributed by atoms with E-state index in [1.807, 2.05) is 0 Å². The summed E-state index contributed by atoms with van der Waals surface area (Å²) < 4.78 is 13.5. The molecule has 1 heterocycles. The number of hydrogen-bond acceptors (Lipinski definition) is 3. The number of rotatable bonds is 1. The fraction of sp³-hybridized carbons (Fsp3) is 0.100. The number of hydrogen-bond donors (Lipinski definition) is 1. The van der Waals surface area contributed by atoms with E-state index in [-0.39, 0.29) is 5.69 Å². The van der Waals surface area contributed by atoms with Crippen molar-refractivity contribution in [3.8, 4) is 0 Å². The highest BCUT2D eigenvalue weighted by Gasteiger charge is 2.39. The molecule has 1 aliphatic heterocycles. The summed E-state index contributed by atoms with van der Waals surface area (Å²) in [6.45, 7) is 1.67. The van der Waals surface area contributed by atoms with Crippen molar-refractivity contribution in [2.45, 2.75) is 6.92 Å². The first kappa shape index (κ1) is 10.3. The van der Waals surface area contributed by atoms with E-state index in [0.717, 1.165) is 0 Å². The molecule has 1 saturated heterocycles. The Kier molecular flexibility index (Phi) is 2.19. The van der Waals surface area contributed by atoms with Gasteiger partial charge in [-0.2, -0.15) is 0 Å². The van der Waals surface area contributed by atoms with Crippen LogP contribution in [0.3, 0.4) is 0 Å². The van der Waals surface area contributed by atoms with Crippen molar-refractivity contribution in [1.29, 1.82) is 0 Å². The number of urea groups is 1. The van der Waals surface area contributed by atoms with Crippen molar-refractivity contribution in [2.24, 2.45) is 0 Å². The quantitative estimate of drug-likeness (QED) is 0.562. The average Bonchev–Trinajstić information content (AvgIpc) is 2.43. The second kappa shape index (κ2) is 3.41. The van der Waals surface area contributed by atoms with Crippen LogP contribution in [0.1, 0.15) is 5.56 Å². The van der Waals surface area contributed by atoms with E-state index in [9.17, 15) is 18.8 Å². The zero-order valence-electron chi connectivity index (χ0n) is 8.28. The van der Waals surface area contributed by atoms with Gasteiger partial charge in [-0.15, -0.1) is 0 Å². The smallest absolute Gasteiger partial charge is 0.269 e. The minimum absolute atomic E-state index is 0.223. The molecule has 1 N–H and O–H groups in total. The lowest BCUT2D eigenvalue weighted by molar-refractivity contribution is -0.134. The number of carbonyl (C=O) groups is 3. The number of imide groups is 2. The summed E-state index contributed by atoms with van der Waals surface area (Å²) in [7, 11) is 0. The van der Waals surface area contributed by atoms with E-state index in [1.54, 1.807) is 18.3 Å². The van der Waals surface area contributed by atoms with Gasteiger partial charge in [0.1, 0.15) is 5.82 Å². The molecule has 6 heteroatoms. The minimum atomic E-state index is -1.08. The highest BCUT2D eigenvalue weighted by Crippen LogP contribution is 2.22. The highest BCUT2D eigenvalue weighted by molar-refractivity contribution is 6.53. The van der Waals surface area contributed by atoms with Gasteiger partial charge in [0.2, 0.25) is 0 Å². The molecule has 1 fully saturated rings. The van der Waals surface area contributed by atoms with Gasteiger partial charge in [0, 0.05) is 0 Å². The fourth-order valence-electron chi connectivity index (χ4n) is 1.41. The Morgan fingerprint density at radius 1 is 1.25 bits per heavy atom. The predicted octanol–water partition coefficient (Wildman–Crippen LogP) is 0.717. The standard InChI is InChI=1S/C10H7FN2O3/c1-5-2-3-7(6(11)4-5)13-9(15)8(14)12-10(13)16/h2-4H,1H3,(H,12,14,16). The van der Waals surface area contributed by atoms with Crippen LogP contribution in [-0.4, -0.2) is 17.8 Å². The van der Waals surface area contributed by atoms with Crippen molar-refractivity contribution >= 4 is 23.5 Å². The van der Waals surface area contributed by atoms with Crippen LogP contribution < -0.4 is 10.2 Å². The number of halogens is 1. The maximum atomic E-state index is 13.5. The molecule has 0 saturated carbocycles. The zero-order chi connectivity index (χ0) is 11.9. The van der Waals surface area contributed by atoms with Gasteiger partial charge < -0.3 is 0 Å². The number of benzene rings is 1. The van der Waals surface area contributed by atoms with Crippen LogP contribution in [0.25, 0.3) is 0 Å². The molecule has 4 amide bonds. The lowest BCUT2D eigenvalue weighted by atomic mass is 10.2. The summed E-state index contributed by atoms with van der Waals surface area (Å²) in [4.78, 5) is 33.9. The number of aryl methyl sites for hydroxylation is 1. The summed E-state index contributed by atoms with van der Waals surface area (Å²) >= 11 is 0. The molecular formula is C10H7FN2O3. The molecule has 1 aromatic carbocycles. The Labute approximate surface area is 89.8 Å². The number of nitrogens with one attached hydrogen (secondary N) is 1. The number of carbonyl (C=O) groups excluding carboxylic acids is 3. The van der Waals surface area contributed by atoms with Crippen molar-refractivity contribution in [1.82, 2.24) is 5.32 Å². The minimum Gasteiger partial charge on any atom is -0.269 e. The Hall–Kier alpha value is -2.24. The summed E-state index contributed by atoms with van der Waals surface area (Å²) in [6, 6.07) is 3.07. The van der Waals surface area contributed by atoms with Crippen LogP contribution in [0, 0.1) is 12.7 Å². The first-order valence-electron chi connectivity index (χ1n) is 4.46. The number of anilines is 1. The largest absolute Gasteiger partial charge is 0.336 e. The first-order chi connectivity index (χ1) is 7.50. The lowest BCUT2D eigenvalue weighted by Gasteiger charge is -2.12. The summed E-state index contributed by atoms with van der Waals surface area (Å²) in [6.07, 6.45) is 0. The molecule has 0 radical (unpaired) electrons. The molecule has 0 aliphatic carbocycles. The van der Waals surface area contributed by atoms with Gasteiger partial charge in [0.05, 0.1) is 5.69 Å². The predicted molar refractivity (Wildman–Crippen MR) is 52.2 cm³/mol. The topological polar surface area (TPSA) is 66.5 Å². The first-order valence-corrected chi connectivity index (χ1v) is 4.46. The Morgan fingerprint density at radius 2 is 1.94 bits per heavy atom. The van der Waals surface area contributed by atoms with Crippen molar-refractivity contribution < 1.29 is 18.8 Å². The van der Waals surface area contributed by atoms with Crippen LogP contribution in [0.2, 0.25) is 0 Å². The van der Waals surface area contributed by atoms with Crippen LogP contribution in [-0.2, 0) is 9.59 Å². The van der Waals surface area contributed by atoms with Gasteiger partial charge in [-0.05, 0) is 24.6 Å². The van der Waals surface area contributed by atoms with Crippen molar-refractivity contribution in [3.63, 3.8) is 0 Å². The molecule has 0 spiro atoms. The Morgan fingerprint density at radius 3 is 2.44 bits per heavy atom.